The van der Waals surface area contributed by atoms with Crippen LogP contribution in [0.1, 0.15) is 12.0 Å². The zero-order valence-corrected chi connectivity index (χ0v) is 8.54. The average molecular weight is 220 g/mol. The van der Waals surface area contributed by atoms with Gasteiger partial charge in [0, 0.05) is 5.39 Å². The summed E-state index contributed by atoms with van der Waals surface area (Å²) in [6, 6.07) is 11.2. The van der Waals surface area contributed by atoms with Gasteiger partial charge in [-0.25, -0.2) is 0 Å². The van der Waals surface area contributed by atoms with E-state index in [1.807, 2.05) is 36.4 Å². The number of hydrogen-bond donors (Lipinski definition) is 0. The van der Waals surface area contributed by atoms with Gasteiger partial charge in [0.25, 0.3) is 0 Å². The minimum Gasteiger partial charge on any atom is -0.432 e. The summed E-state index contributed by atoms with van der Waals surface area (Å²) in [7, 11) is 0. The number of ether oxygens (including phenoxy) is 1. The Morgan fingerprint density at radius 1 is 1.06 bits per heavy atom. The summed E-state index contributed by atoms with van der Waals surface area (Å²) in [5.41, 5.74) is 0.865. The maximum absolute atomic E-state index is 13.2. The second-order valence-corrected chi connectivity index (χ2v) is 4.01. The molecule has 0 bridgehead atoms. The predicted octanol–water partition coefficient (Wildman–Crippen LogP) is 3.76. The predicted molar refractivity (Wildman–Crippen MR) is 57.8 cm³/mol. The standard InChI is InChI=1S/C13H10F2O/c14-13(15)8-7-10-6-5-9-3-1-2-4-11(9)12(10)16-13/h1-6H,7-8H2. The fourth-order valence-corrected chi connectivity index (χ4v) is 2.09. The van der Waals surface area contributed by atoms with E-state index in [1.54, 1.807) is 0 Å². The molecule has 3 rings (SSSR count). The van der Waals surface area contributed by atoms with Crippen molar-refractivity contribution in [3.8, 4) is 5.75 Å². The van der Waals surface area contributed by atoms with Gasteiger partial charge in [0.1, 0.15) is 5.75 Å². The van der Waals surface area contributed by atoms with Crippen LogP contribution < -0.4 is 4.74 Å². The summed E-state index contributed by atoms with van der Waals surface area (Å²) < 4.78 is 31.2. The Labute approximate surface area is 91.6 Å². The molecule has 0 unspecified atom stereocenters. The lowest BCUT2D eigenvalue weighted by atomic mass is 10.00. The van der Waals surface area contributed by atoms with Gasteiger partial charge >= 0.3 is 6.11 Å². The molecular formula is C13H10F2O. The molecule has 0 radical (unpaired) electrons. The van der Waals surface area contributed by atoms with Gasteiger partial charge in [0.2, 0.25) is 0 Å². The lowest BCUT2D eigenvalue weighted by Crippen LogP contribution is -2.29. The molecule has 82 valence electrons. The molecule has 0 N–H and O–H groups in total. The van der Waals surface area contributed by atoms with E-state index in [0.29, 0.717) is 12.2 Å². The maximum atomic E-state index is 13.2. The van der Waals surface area contributed by atoms with Crippen LogP contribution in [0.25, 0.3) is 10.8 Å². The molecule has 16 heavy (non-hydrogen) atoms. The summed E-state index contributed by atoms with van der Waals surface area (Å²) in [6.07, 6.45) is -2.90. The second kappa shape index (κ2) is 3.17. The zero-order chi connectivity index (χ0) is 11.2. The van der Waals surface area contributed by atoms with Crippen LogP contribution in [-0.2, 0) is 6.42 Å². The first kappa shape index (κ1) is 9.58. The van der Waals surface area contributed by atoms with E-state index in [4.69, 9.17) is 4.74 Å². The number of halogens is 2. The molecule has 0 amide bonds. The molecule has 0 atom stereocenters. The Morgan fingerprint density at radius 3 is 2.75 bits per heavy atom. The first-order valence-corrected chi connectivity index (χ1v) is 5.23. The zero-order valence-electron chi connectivity index (χ0n) is 8.54. The van der Waals surface area contributed by atoms with E-state index >= 15 is 0 Å². The van der Waals surface area contributed by atoms with Crippen molar-refractivity contribution in [3.63, 3.8) is 0 Å². The van der Waals surface area contributed by atoms with E-state index in [9.17, 15) is 8.78 Å². The van der Waals surface area contributed by atoms with Crippen LogP contribution in [0.3, 0.4) is 0 Å². The number of rotatable bonds is 0. The van der Waals surface area contributed by atoms with Gasteiger partial charge in [-0.05, 0) is 17.4 Å². The van der Waals surface area contributed by atoms with Crippen LogP contribution in [0.15, 0.2) is 36.4 Å². The van der Waals surface area contributed by atoms with Gasteiger partial charge < -0.3 is 4.74 Å². The summed E-state index contributed by atoms with van der Waals surface area (Å²) in [5, 5.41) is 1.69. The van der Waals surface area contributed by atoms with Gasteiger partial charge in [0.15, 0.2) is 0 Å². The van der Waals surface area contributed by atoms with Crippen LogP contribution >= 0.6 is 0 Å². The number of benzene rings is 2. The largest absolute Gasteiger partial charge is 0.432 e. The fourth-order valence-electron chi connectivity index (χ4n) is 2.09. The summed E-state index contributed by atoms with van der Waals surface area (Å²) in [5.74, 6) is 0.342. The molecule has 0 saturated heterocycles. The van der Waals surface area contributed by atoms with Crippen LogP contribution in [-0.4, -0.2) is 6.11 Å². The first-order chi connectivity index (χ1) is 7.66. The molecule has 2 aromatic rings. The van der Waals surface area contributed by atoms with Crippen LogP contribution in [0.5, 0.6) is 5.75 Å². The highest BCUT2D eigenvalue weighted by Crippen LogP contribution is 2.39. The van der Waals surface area contributed by atoms with Crippen LogP contribution in [0.2, 0.25) is 0 Å². The van der Waals surface area contributed by atoms with Crippen LogP contribution in [0, 0.1) is 0 Å². The molecule has 0 spiro atoms. The fraction of sp³-hybridized carbons (Fsp3) is 0.231. The molecule has 1 aliphatic heterocycles. The minimum absolute atomic E-state index is 0.238. The third-order valence-corrected chi connectivity index (χ3v) is 2.90. The molecule has 0 saturated carbocycles. The molecular weight excluding hydrogens is 210 g/mol. The van der Waals surface area contributed by atoms with Crippen molar-refractivity contribution < 1.29 is 13.5 Å². The Bertz CT molecular complexity index is 549. The highest BCUT2D eigenvalue weighted by molar-refractivity contribution is 5.89. The smallest absolute Gasteiger partial charge is 0.398 e. The second-order valence-electron chi connectivity index (χ2n) is 4.01. The monoisotopic (exact) mass is 220 g/mol. The highest BCUT2D eigenvalue weighted by Gasteiger charge is 2.36. The van der Waals surface area contributed by atoms with Gasteiger partial charge in [-0.1, -0.05) is 36.4 Å². The summed E-state index contributed by atoms with van der Waals surface area (Å²) >= 11 is 0. The molecule has 1 aliphatic rings. The number of hydrogen-bond acceptors (Lipinski definition) is 1. The molecule has 1 nitrogen and oxygen atoms in total. The van der Waals surface area contributed by atoms with Gasteiger partial charge in [-0.15, -0.1) is 0 Å². The normalized spacial score (nSPS) is 17.9. The number of aryl methyl sites for hydroxylation is 1. The average Bonchev–Trinajstić information content (AvgIpc) is 2.28. The van der Waals surface area contributed by atoms with Crippen molar-refractivity contribution in [3.05, 3.63) is 42.0 Å². The third kappa shape index (κ3) is 1.43. The topological polar surface area (TPSA) is 9.23 Å². The van der Waals surface area contributed by atoms with Gasteiger partial charge in [-0.2, -0.15) is 8.78 Å². The lowest BCUT2D eigenvalue weighted by Gasteiger charge is -2.26. The summed E-state index contributed by atoms with van der Waals surface area (Å²) in [6.45, 7) is 0. The van der Waals surface area contributed by atoms with Gasteiger partial charge in [0.05, 0.1) is 6.42 Å². The molecule has 2 aromatic carbocycles. The Morgan fingerprint density at radius 2 is 1.88 bits per heavy atom. The quantitative estimate of drug-likeness (QED) is 0.656. The summed E-state index contributed by atoms with van der Waals surface area (Å²) in [4.78, 5) is 0. The third-order valence-electron chi connectivity index (χ3n) is 2.90. The van der Waals surface area contributed by atoms with E-state index in [1.165, 1.54) is 0 Å². The van der Waals surface area contributed by atoms with Crippen molar-refractivity contribution >= 4 is 10.8 Å². The van der Waals surface area contributed by atoms with Crippen molar-refractivity contribution in [2.24, 2.45) is 0 Å². The lowest BCUT2D eigenvalue weighted by molar-refractivity contribution is -0.186. The highest BCUT2D eigenvalue weighted by atomic mass is 19.3. The van der Waals surface area contributed by atoms with Crippen molar-refractivity contribution in [1.29, 1.82) is 0 Å². The Kier molecular flexibility index (Phi) is 1.90. The molecule has 0 fully saturated rings. The molecule has 3 heteroatoms. The molecule has 0 aromatic heterocycles. The maximum Gasteiger partial charge on any atom is 0.398 e. The number of fused-ring (bicyclic) bond motifs is 3. The van der Waals surface area contributed by atoms with E-state index in [2.05, 4.69) is 0 Å². The van der Waals surface area contributed by atoms with E-state index in [-0.39, 0.29) is 6.42 Å². The van der Waals surface area contributed by atoms with Crippen LogP contribution in [0.4, 0.5) is 8.78 Å². The van der Waals surface area contributed by atoms with E-state index in [0.717, 1.165) is 16.3 Å². The Hall–Kier alpha value is -1.64. The number of alkyl halides is 2. The van der Waals surface area contributed by atoms with Crippen molar-refractivity contribution in [2.45, 2.75) is 19.0 Å². The van der Waals surface area contributed by atoms with Crippen molar-refractivity contribution in [1.82, 2.24) is 0 Å². The SMILES string of the molecule is FC1(F)CCc2ccc3ccccc3c2O1. The molecule has 1 heterocycles. The van der Waals surface area contributed by atoms with E-state index < -0.39 is 6.11 Å². The van der Waals surface area contributed by atoms with Gasteiger partial charge in [-0.3, -0.25) is 0 Å². The first-order valence-electron chi connectivity index (χ1n) is 5.23. The Balaban J connectivity index is 2.25. The van der Waals surface area contributed by atoms with Crippen molar-refractivity contribution in [2.75, 3.05) is 0 Å². The minimum atomic E-state index is -3.03. The molecule has 0 aliphatic carbocycles.